The van der Waals surface area contributed by atoms with Gasteiger partial charge in [0.15, 0.2) is 5.65 Å². The molecule has 152 valence electrons. The van der Waals surface area contributed by atoms with Crippen LogP contribution in [0.4, 0.5) is 5.69 Å². The van der Waals surface area contributed by atoms with Crippen molar-refractivity contribution in [3.05, 3.63) is 52.3 Å². The summed E-state index contributed by atoms with van der Waals surface area (Å²) in [4.78, 5) is 19.8. The van der Waals surface area contributed by atoms with Crippen LogP contribution in [-0.4, -0.2) is 27.2 Å². The second-order valence-electron chi connectivity index (χ2n) is 9.09. The molecule has 5 heteroatoms. The van der Waals surface area contributed by atoms with Crippen LogP contribution in [0.25, 0.3) is 11.0 Å². The van der Waals surface area contributed by atoms with Crippen molar-refractivity contribution in [3.8, 4) is 0 Å². The number of amides is 1. The molecule has 0 N–H and O–H groups in total. The van der Waals surface area contributed by atoms with Crippen molar-refractivity contribution in [2.24, 2.45) is 0 Å². The lowest BCUT2D eigenvalue weighted by Gasteiger charge is -2.21. The van der Waals surface area contributed by atoms with Crippen molar-refractivity contribution in [2.45, 2.75) is 66.3 Å². The summed E-state index contributed by atoms with van der Waals surface area (Å²) >= 11 is 0. The Balaban J connectivity index is 1.62. The second kappa shape index (κ2) is 6.97. The number of hydrogen-bond donors (Lipinski definition) is 0. The topological polar surface area (TPSA) is 51.0 Å². The highest BCUT2D eigenvalue weighted by Crippen LogP contribution is 2.31. The minimum absolute atomic E-state index is 0.126. The predicted molar refractivity (Wildman–Crippen MR) is 118 cm³/mol. The van der Waals surface area contributed by atoms with Gasteiger partial charge in [-0.25, -0.2) is 9.67 Å². The average Bonchev–Trinajstić information content (AvgIpc) is 3.22. The lowest BCUT2D eigenvalue weighted by Crippen LogP contribution is -2.29. The van der Waals surface area contributed by atoms with Crippen molar-refractivity contribution in [1.29, 1.82) is 0 Å². The normalized spacial score (nSPS) is 13.9. The predicted octanol–water partition coefficient (Wildman–Crippen LogP) is 4.63. The van der Waals surface area contributed by atoms with Crippen LogP contribution < -0.4 is 4.90 Å². The van der Waals surface area contributed by atoms with Gasteiger partial charge in [-0.2, -0.15) is 5.10 Å². The molecule has 0 fully saturated rings. The van der Waals surface area contributed by atoms with E-state index in [0.717, 1.165) is 41.1 Å². The quantitative estimate of drug-likeness (QED) is 0.655. The van der Waals surface area contributed by atoms with Crippen molar-refractivity contribution in [3.63, 3.8) is 0 Å². The molecule has 3 heterocycles. The van der Waals surface area contributed by atoms with E-state index in [-0.39, 0.29) is 11.4 Å². The Morgan fingerprint density at radius 1 is 1.10 bits per heavy atom. The molecule has 0 spiro atoms. The number of pyridine rings is 1. The van der Waals surface area contributed by atoms with E-state index in [1.807, 2.05) is 35.6 Å². The van der Waals surface area contributed by atoms with Crippen LogP contribution in [0.15, 0.2) is 24.3 Å². The lowest BCUT2D eigenvalue weighted by atomic mass is 9.98. The van der Waals surface area contributed by atoms with Gasteiger partial charge < -0.3 is 4.90 Å². The molecule has 2 aromatic heterocycles. The van der Waals surface area contributed by atoms with Crippen LogP contribution in [-0.2, 0) is 23.2 Å². The summed E-state index contributed by atoms with van der Waals surface area (Å²) in [7, 11) is 0. The number of para-hydroxylation sites is 1. The summed E-state index contributed by atoms with van der Waals surface area (Å²) in [5.41, 5.74) is 7.52. The van der Waals surface area contributed by atoms with Crippen LogP contribution in [0.1, 0.15) is 55.3 Å². The third kappa shape index (κ3) is 3.33. The maximum absolute atomic E-state index is 13.0. The summed E-state index contributed by atoms with van der Waals surface area (Å²) in [5, 5.41) is 5.89. The van der Waals surface area contributed by atoms with E-state index in [1.54, 1.807) is 0 Å². The highest BCUT2D eigenvalue weighted by molar-refractivity contribution is 5.95. The Kier molecular flexibility index (Phi) is 4.72. The Bertz CT molecular complexity index is 1100. The Hall–Kier alpha value is -2.69. The van der Waals surface area contributed by atoms with E-state index in [0.29, 0.717) is 12.8 Å². The smallest absolute Gasteiger partial charge is 0.227 e. The van der Waals surface area contributed by atoms with Crippen molar-refractivity contribution in [1.82, 2.24) is 14.8 Å². The molecule has 0 saturated carbocycles. The standard InChI is InChI=1S/C24H30N4O/c1-15-19(11-12-21(29)27-14-13-18-9-7-8-10-20(18)27)16(2)25-23-22(15)17(3)26-28(23)24(4,5)6/h7-10H,11-14H2,1-6H3. The average molecular weight is 391 g/mol. The van der Waals surface area contributed by atoms with E-state index in [4.69, 9.17) is 10.1 Å². The van der Waals surface area contributed by atoms with Gasteiger partial charge in [0.2, 0.25) is 5.91 Å². The van der Waals surface area contributed by atoms with Crippen molar-refractivity contribution < 1.29 is 4.79 Å². The number of aromatic nitrogens is 3. The zero-order chi connectivity index (χ0) is 20.9. The monoisotopic (exact) mass is 390 g/mol. The zero-order valence-corrected chi connectivity index (χ0v) is 18.3. The molecule has 0 aliphatic carbocycles. The van der Waals surface area contributed by atoms with Crippen LogP contribution >= 0.6 is 0 Å². The highest BCUT2D eigenvalue weighted by Gasteiger charge is 2.26. The van der Waals surface area contributed by atoms with Gasteiger partial charge in [-0.3, -0.25) is 4.79 Å². The summed E-state index contributed by atoms with van der Waals surface area (Å²) < 4.78 is 2.02. The Morgan fingerprint density at radius 2 is 1.83 bits per heavy atom. The first-order valence-electron chi connectivity index (χ1n) is 10.4. The number of carbonyl (C=O) groups excluding carboxylic acids is 1. The lowest BCUT2D eigenvalue weighted by molar-refractivity contribution is -0.118. The molecule has 0 saturated heterocycles. The first kappa shape index (κ1) is 19.6. The molecule has 29 heavy (non-hydrogen) atoms. The Morgan fingerprint density at radius 3 is 2.55 bits per heavy atom. The van der Waals surface area contributed by atoms with Crippen LogP contribution in [0.2, 0.25) is 0 Å². The molecule has 4 rings (SSSR count). The van der Waals surface area contributed by atoms with Gasteiger partial charge in [0.25, 0.3) is 0 Å². The molecule has 5 nitrogen and oxygen atoms in total. The van der Waals surface area contributed by atoms with Crippen molar-refractivity contribution in [2.75, 3.05) is 11.4 Å². The van der Waals surface area contributed by atoms with Gasteiger partial charge in [-0.05, 0) is 77.1 Å². The molecule has 3 aromatic rings. The van der Waals surface area contributed by atoms with E-state index in [2.05, 4.69) is 39.8 Å². The van der Waals surface area contributed by atoms with Gasteiger partial charge >= 0.3 is 0 Å². The molecule has 0 atom stereocenters. The molecule has 1 aliphatic heterocycles. The number of aryl methyl sites for hydroxylation is 3. The fourth-order valence-corrected chi connectivity index (χ4v) is 4.51. The number of benzene rings is 1. The van der Waals surface area contributed by atoms with Gasteiger partial charge in [-0.1, -0.05) is 18.2 Å². The molecule has 0 bridgehead atoms. The van der Waals surface area contributed by atoms with E-state index < -0.39 is 0 Å². The summed E-state index contributed by atoms with van der Waals surface area (Å²) in [6.45, 7) is 13.5. The minimum atomic E-state index is -0.126. The number of carbonyl (C=O) groups is 1. The molecule has 1 aliphatic rings. The summed E-state index contributed by atoms with van der Waals surface area (Å²) in [6.07, 6.45) is 2.15. The number of rotatable bonds is 3. The maximum Gasteiger partial charge on any atom is 0.227 e. The van der Waals surface area contributed by atoms with Gasteiger partial charge in [-0.15, -0.1) is 0 Å². The minimum Gasteiger partial charge on any atom is -0.312 e. The van der Waals surface area contributed by atoms with Crippen LogP contribution in [0.3, 0.4) is 0 Å². The third-order valence-electron chi connectivity index (χ3n) is 5.99. The van der Waals surface area contributed by atoms with Gasteiger partial charge in [0.05, 0.1) is 11.2 Å². The zero-order valence-electron chi connectivity index (χ0n) is 18.3. The molecule has 0 unspecified atom stereocenters. The second-order valence-corrected chi connectivity index (χ2v) is 9.09. The van der Waals surface area contributed by atoms with Crippen molar-refractivity contribution >= 4 is 22.6 Å². The first-order valence-corrected chi connectivity index (χ1v) is 10.4. The fraction of sp³-hybridized carbons (Fsp3) is 0.458. The third-order valence-corrected chi connectivity index (χ3v) is 5.99. The highest BCUT2D eigenvalue weighted by atomic mass is 16.2. The number of nitrogens with zero attached hydrogens (tertiary/aromatic N) is 4. The SMILES string of the molecule is Cc1nc2c(c(C)nn2C(C)(C)C)c(C)c1CCC(=O)N1CCc2ccccc21. The first-order chi connectivity index (χ1) is 13.7. The molecule has 1 aromatic carbocycles. The fourth-order valence-electron chi connectivity index (χ4n) is 4.51. The Labute approximate surface area is 172 Å². The number of fused-ring (bicyclic) bond motifs is 2. The maximum atomic E-state index is 13.0. The van der Waals surface area contributed by atoms with E-state index in [1.165, 1.54) is 16.7 Å². The summed E-state index contributed by atoms with van der Waals surface area (Å²) in [5.74, 6) is 0.191. The number of hydrogen-bond acceptors (Lipinski definition) is 3. The van der Waals surface area contributed by atoms with Crippen LogP contribution in [0.5, 0.6) is 0 Å². The molecule has 1 amide bonds. The van der Waals surface area contributed by atoms with Crippen LogP contribution in [0, 0.1) is 20.8 Å². The largest absolute Gasteiger partial charge is 0.312 e. The van der Waals surface area contributed by atoms with E-state index >= 15 is 0 Å². The van der Waals surface area contributed by atoms with Gasteiger partial charge in [0, 0.05) is 29.7 Å². The summed E-state index contributed by atoms with van der Waals surface area (Å²) in [6, 6.07) is 8.21. The van der Waals surface area contributed by atoms with E-state index in [9.17, 15) is 4.79 Å². The molecular weight excluding hydrogens is 360 g/mol. The van der Waals surface area contributed by atoms with Gasteiger partial charge in [0.1, 0.15) is 0 Å². The molecular formula is C24H30N4O. The number of anilines is 1. The molecule has 0 radical (unpaired) electrons.